The number of fused-ring (bicyclic) bond motifs is 1. The van der Waals surface area contributed by atoms with Crippen molar-refractivity contribution in [3.8, 4) is 6.07 Å². The van der Waals surface area contributed by atoms with E-state index in [2.05, 4.69) is 11.0 Å². The molecule has 1 aromatic carbocycles. The van der Waals surface area contributed by atoms with Gasteiger partial charge in [-0.3, -0.25) is 4.79 Å². The summed E-state index contributed by atoms with van der Waals surface area (Å²) in [4.78, 5) is 22.3. The molecule has 3 atom stereocenters. The number of carbonyl (C=O) groups excluding carboxylic acids is 1. The first-order valence-corrected chi connectivity index (χ1v) is 13.1. The van der Waals surface area contributed by atoms with Gasteiger partial charge >= 0.3 is 0 Å². The highest BCUT2D eigenvalue weighted by Gasteiger charge is 2.42. The van der Waals surface area contributed by atoms with Gasteiger partial charge in [-0.25, -0.2) is 9.38 Å². The largest absolute Gasteiger partial charge is 0.381 e. The number of aliphatic imine (C=N–C) groups is 1. The van der Waals surface area contributed by atoms with Crippen molar-refractivity contribution in [1.82, 2.24) is 9.80 Å². The summed E-state index contributed by atoms with van der Waals surface area (Å²) in [5, 5.41) is 10.2. The zero-order valence-electron chi connectivity index (χ0n) is 20.6. The number of allylic oxidation sites excluding steroid dienone is 1. The Morgan fingerprint density at radius 3 is 2.71 bits per heavy atom. The van der Waals surface area contributed by atoms with Crippen LogP contribution in [-0.4, -0.2) is 60.3 Å². The molecule has 2 saturated heterocycles. The summed E-state index contributed by atoms with van der Waals surface area (Å²) in [6.45, 7) is 5.17. The number of halogens is 1. The van der Waals surface area contributed by atoms with E-state index in [1.807, 2.05) is 11.8 Å². The molecule has 1 aliphatic carbocycles. The molecule has 1 saturated carbocycles. The summed E-state index contributed by atoms with van der Waals surface area (Å²) >= 11 is 0. The maximum absolute atomic E-state index is 14.1. The zero-order valence-corrected chi connectivity index (χ0v) is 20.6. The third-order valence-corrected chi connectivity index (χ3v) is 8.27. The highest BCUT2D eigenvalue weighted by Crippen LogP contribution is 2.41. The Kier molecular flexibility index (Phi) is 7.19. The maximum Gasteiger partial charge on any atom is 0.227 e. The molecule has 1 amide bonds. The minimum atomic E-state index is -0.339. The Morgan fingerprint density at radius 2 is 1.97 bits per heavy atom. The predicted octanol–water partition coefficient (Wildman–Crippen LogP) is 4.32. The summed E-state index contributed by atoms with van der Waals surface area (Å²) in [5.41, 5.74) is 2.46. The maximum atomic E-state index is 14.1. The number of nitrogens with zero attached hydrogens (tertiary/aromatic N) is 4. The Hall–Kier alpha value is -2.72. The third-order valence-electron chi connectivity index (χ3n) is 8.27. The van der Waals surface area contributed by atoms with E-state index in [1.165, 1.54) is 43.9 Å². The topological polar surface area (TPSA) is 68.9 Å². The first-order chi connectivity index (χ1) is 17.1. The molecule has 0 aromatic heterocycles. The van der Waals surface area contributed by atoms with Gasteiger partial charge in [0, 0.05) is 49.8 Å². The normalized spacial score (nSPS) is 27.8. The van der Waals surface area contributed by atoms with Gasteiger partial charge in [-0.15, -0.1) is 0 Å². The molecule has 186 valence electrons. The summed E-state index contributed by atoms with van der Waals surface area (Å²) in [7, 11) is 0. The number of nitriles is 1. The monoisotopic (exact) mass is 478 g/mol. The fourth-order valence-electron chi connectivity index (χ4n) is 6.40. The lowest BCUT2D eigenvalue weighted by Gasteiger charge is -2.45. The van der Waals surface area contributed by atoms with Crippen LogP contribution in [0.1, 0.15) is 51.0 Å². The predicted molar refractivity (Wildman–Crippen MR) is 132 cm³/mol. The zero-order chi connectivity index (χ0) is 24.4. The first kappa shape index (κ1) is 24.0. The summed E-state index contributed by atoms with van der Waals surface area (Å²) in [5.74, 6) is 1.30. The number of rotatable bonds is 4. The molecule has 6 nitrogen and oxygen atoms in total. The average Bonchev–Trinajstić information content (AvgIpc) is 2.89. The second-order valence-corrected chi connectivity index (χ2v) is 10.4. The van der Waals surface area contributed by atoms with Crippen molar-refractivity contribution >= 4 is 11.6 Å². The quantitative estimate of drug-likeness (QED) is 0.646. The molecule has 3 aliphatic heterocycles. The van der Waals surface area contributed by atoms with Gasteiger partial charge in [0.2, 0.25) is 5.91 Å². The molecule has 3 fully saturated rings. The van der Waals surface area contributed by atoms with Crippen molar-refractivity contribution in [3.63, 3.8) is 0 Å². The van der Waals surface area contributed by atoms with E-state index in [0.717, 1.165) is 17.8 Å². The van der Waals surface area contributed by atoms with Crippen LogP contribution < -0.4 is 0 Å². The second-order valence-electron chi connectivity index (χ2n) is 10.4. The highest BCUT2D eigenvalue weighted by atomic mass is 19.1. The van der Waals surface area contributed by atoms with Crippen LogP contribution in [0.2, 0.25) is 0 Å². The van der Waals surface area contributed by atoms with Crippen LogP contribution in [0, 0.1) is 34.9 Å². The lowest BCUT2D eigenvalue weighted by atomic mass is 9.71. The molecule has 7 heteroatoms. The molecule has 4 aliphatic rings. The summed E-state index contributed by atoms with van der Waals surface area (Å²) in [6.07, 6.45) is 7.05. The summed E-state index contributed by atoms with van der Waals surface area (Å²) in [6, 6.07) is 8.94. The van der Waals surface area contributed by atoms with Crippen molar-refractivity contribution in [1.29, 1.82) is 5.26 Å². The van der Waals surface area contributed by atoms with Gasteiger partial charge in [0.05, 0.1) is 24.7 Å². The molecule has 0 bridgehead atoms. The Morgan fingerprint density at radius 1 is 1.17 bits per heavy atom. The van der Waals surface area contributed by atoms with Gasteiger partial charge in [-0.2, -0.15) is 5.26 Å². The smallest absolute Gasteiger partial charge is 0.227 e. The summed E-state index contributed by atoms with van der Waals surface area (Å²) < 4.78 is 19.9. The van der Waals surface area contributed by atoms with Crippen LogP contribution >= 0.6 is 0 Å². The molecule has 2 unspecified atom stereocenters. The van der Waals surface area contributed by atoms with E-state index in [-0.39, 0.29) is 36.0 Å². The van der Waals surface area contributed by atoms with Crippen LogP contribution in [-0.2, 0) is 16.0 Å². The van der Waals surface area contributed by atoms with E-state index in [1.54, 1.807) is 18.2 Å². The number of amides is 1. The number of ether oxygens (including phenoxy) is 1. The average molecular weight is 479 g/mol. The number of piperazine rings is 1. The van der Waals surface area contributed by atoms with Crippen molar-refractivity contribution in [3.05, 3.63) is 47.0 Å². The second kappa shape index (κ2) is 10.5. The molecule has 0 N–H and O–H groups in total. The number of hydrogen-bond donors (Lipinski definition) is 0. The van der Waals surface area contributed by atoms with Gasteiger partial charge in [0.1, 0.15) is 11.6 Å². The third kappa shape index (κ3) is 4.86. The lowest BCUT2D eigenvalue weighted by Crippen LogP contribution is -2.54. The molecule has 0 spiro atoms. The van der Waals surface area contributed by atoms with Crippen LogP contribution in [0.4, 0.5) is 4.39 Å². The van der Waals surface area contributed by atoms with Gasteiger partial charge in [-0.1, -0.05) is 37.5 Å². The van der Waals surface area contributed by atoms with Crippen molar-refractivity contribution in [2.45, 2.75) is 57.9 Å². The van der Waals surface area contributed by atoms with Crippen molar-refractivity contribution in [2.75, 3.05) is 32.8 Å². The van der Waals surface area contributed by atoms with E-state index in [0.29, 0.717) is 44.3 Å². The first-order valence-electron chi connectivity index (χ1n) is 13.1. The van der Waals surface area contributed by atoms with Crippen LogP contribution in [0.25, 0.3) is 0 Å². The molecule has 3 heterocycles. The van der Waals surface area contributed by atoms with Gasteiger partial charge in [0.25, 0.3) is 0 Å². The fraction of sp³-hybridized carbons (Fsp3) is 0.607. The van der Waals surface area contributed by atoms with Crippen LogP contribution in [0.5, 0.6) is 0 Å². The van der Waals surface area contributed by atoms with Gasteiger partial charge in [-0.05, 0) is 43.7 Å². The standard InChI is InChI=1S/C28H35FN4O2/c1-19-17-32(12-13-33(19)26(34)15-21-9-5-6-10-25(21)29)28-23(16-30)22-11-14-35-18-24(22)27(31-28)20-7-3-2-4-8-20/h5-6,9-10,19-20,22,24H,2-4,7-8,11-15,17-18H2,1H3/t19-,22?,24?/m1/s1. The van der Waals surface area contributed by atoms with Crippen molar-refractivity contribution in [2.24, 2.45) is 22.7 Å². The SMILES string of the molecule is C[C@@H]1CN(C2=C(C#N)C3CCOCC3C(C3CCCCC3)=N2)CCN1C(=O)Cc1ccccc1F. The molecule has 1 aromatic rings. The van der Waals surface area contributed by atoms with Crippen molar-refractivity contribution < 1.29 is 13.9 Å². The molecule has 5 rings (SSSR count). The Bertz CT molecular complexity index is 1060. The van der Waals surface area contributed by atoms with Gasteiger partial charge < -0.3 is 14.5 Å². The van der Waals surface area contributed by atoms with Gasteiger partial charge in [0.15, 0.2) is 0 Å². The van der Waals surface area contributed by atoms with E-state index in [9.17, 15) is 14.4 Å². The molecule has 35 heavy (non-hydrogen) atoms. The lowest BCUT2D eigenvalue weighted by molar-refractivity contribution is -0.134. The van der Waals surface area contributed by atoms with E-state index >= 15 is 0 Å². The Labute approximate surface area is 207 Å². The van der Waals surface area contributed by atoms with Crippen LogP contribution in [0.3, 0.4) is 0 Å². The minimum absolute atomic E-state index is 0.0452. The number of benzene rings is 1. The fourth-order valence-corrected chi connectivity index (χ4v) is 6.40. The minimum Gasteiger partial charge on any atom is -0.381 e. The highest BCUT2D eigenvalue weighted by molar-refractivity contribution is 5.92. The number of hydrogen-bond acceptors (Lipinski definition) is 5. The van der Waals surface area contributed by atoms with E-state index < -0.39 is 0 Å². The molecular weight excluding hydrogens is 443 g/mol. The Balaban J connectivity index is 1.36. The molecular formula is C28H35FN4O2. The van der Waals surface area contributed by atoms with E-state index in [4.69, 9.17) is 9.73 Å². The number of carbonyl (C=O) groups is 1. The van der Waals surface area contributed by atoms with Crippen LogP contribution in [0.15, 0.2) is 40.7 Å². The molecule has 0 radical (unpaired) electrons.